The Morgan fingerprint density at radius 3 is 2.79 bits per heavy atom. The summed E-state index contributed by atoms with van der Waals surface area (Å²) in [5.41, 5.74) is 8.22. The molecule has 0 saturated carbocycles. The molecule has 24 heavy (non-hydrogen) atoms. The highest BCUT2D eigenvalue weighted by atomic mass is 35.5. The van der Waals surface area contributed by atoms with Crippen LogP contribution in [0.25, 0.3) is 0 Å². The molecule has 0 bridgehead atoms. The van der Waals surface area contributed by atoms with Crippen molar-refractivity contribution < 1.29 is 0 Å². The molecular weight excluding hydrogens is 320 g/mol. The van der Waals surface area contributed by atoms with Crippen molar-refractivity contribution in [2.24, 2.45) is 16.1 Å². The molecule has 0 unspecified atom stereocenters. The van der Waals surface area contributed by atoms with Gasteiger partial charge in [0.25, 0.3) is 0 Å². The molecular formula is C19H25ClN4. The van der Waals surface area contributed by atoms with Crippen LogP contribution in [-0.2, 0) is 12.8 Å². The van der Waals surface area contributed by atoms with E-state index in [1.54, 1.807) is 6.20 Å². The number of hydrogen-bond donors (Lipinski definition) is 2. The monoisotopic (exact) mass is 344 g/mol. The lowest BCUT2D eigenvalue weighted by Crippen LogP contribution is -2.34. The average Bonchev–Trinajstić information content (AvgIpc) is 2.54. The Kier molecular flexibility index (Phi) is 6.62. The van der Waals surface area contributed by atoms with E-state index >= 15 is 0 Å². The quantitative estimate of drug-likeness (QED) is 0.597. The van der Waals surface area contributed by atoms with Crippen LogP contribution >= 0.6 is 11.6 Å². The Labute approximate surface area is 149 Å². The zero-order valence-corrected chi connectivity index (χ0v) is 15.1. The maximum Gasteiger partial charge on any atom is 0.188 e. The molecule has 0 saturated heterocycles. The Hall–Kier alpha value is -2.07. The summed E-state index contributed by atoms with van der Waals surface area (Å²) in [6, 6.07) is 13.9. The van der Waals surface area contributed by atoms with E-state index in [0.717, 1.165) is 30.1 Å². The molecule has 5 heteroatoms. The maximum absolute atomic E-state index is 6.05. The van der Waals surface area contributed by atoms with Crippen molar-refractivity contribution in [1.82, 2.24) is 10.3 Å². The van der Waals surface area contributed by atoms with Gasteiger partial charge in [-0.25, -0.2) is 0 Å². The second-order valence-electron chi connectivity index (χ2n) is 6.67. The first-order valence-corrected chi connectivity index (χ1v) is 8.51. The average molecular weight is 345 g/mol. The molecule has 3 N–H and O–H groups in total. The molecule has 0 fully saturated rings. The molecule has 0 aliphatic carbocycles. The summed E-state index contributed by atoms with van der Waals surface area (Å²) in [5.74, 6) is 0.477. The van der Waals surface area contributed by atoms with Crippen molar-refractivity contribution >= 4 is 17.6 Å². The van der Waals surface area contributed by atoms with Gasteiger partial charge in [-0.1, -0.05) is 43.6 Å². The number of hydrogen-bond acceptors (Lipinski definition) is 2. The first-order valence-electron chi connectivity index (χ1n) is 8.13. The third-order valence-corrected chi connectivity index (χ3v) is 3.90. The second kappa shape index (κ2) is 8.69. The highest BCUT2D eigenvalue weighted by Gasteiger charge is 2.18. The van der Waals surface area contributed by atoms with Crippen molar-refractivity contribution in [3.8, 4) is 0 Å². The van der Waals surface area contributed by atoms with Crippen LogP contribution in [0.3, 0.4) is 0 Å². The molecule has 0 amide bonds. The Morgan fingerprint density at radius 2 is 2.08 bits per heavy atom. The third kappa shape index (κ3) is 6.59. The normalized spacial score (nSPS) is 12.2. The molecule has 0 radical (unpaired) electrons. The smallest absolute Gasteiger partial charge is 0.188 e. The van der Waals surface area contributed by atoms with Gasteiger partial charge in [-0.3, -0.25) is 9.98 Å². The van der Waals surface area contributed by atoms with Crippen LogP contribution in [0.15, 0.2) is 53.7 Å². The van der Waals surface area contributed by atoms with Crippen LogP contribution in [0.4, 0.5) is 0 Å². The molecule has 1 heterocycles. The summed E-state index contributed by atoms with van der Waals surface area (Å²) in [7, 11) is 0. The largest absolute Gasteiger partial charge is 0.370 e. The van der Waals surface area contributed by atoms with Gasteiger partial charge in [-0.05, 0) is 41.7 Å². The van der Waals surface area contributed by atoms with Gasteiger partial charge in [0.1, 0.15) is 0 Å². The summed E-state index contributed by atoms with van der Waals surface area (Å²) < 4.78 is 0. The minimum absolute atomic E-state index is 0.0119. The Balaban J connectivity index is 1.79. The number of halogens is 1. The van der Waals surface area contributed by atoms with E-state index < -0.39 is 0 Å². The standard InChI is InChI=1S/C19H25ClN4/c1-19(2,13-15-6-5-7-16(20)12-15)14-24-18(21)23-11-9-17-8-3-4-10-22-17/h3-8,10,12H,9,11,13-14H2,1-2H3,(H3,21,23,24). The molecule has 2 aromatic rings. The van der Waals surface area contributed by atoms with E-state index in [1.165, 1.54) is 5.56 Å². The second-order valence-corrected chi connectivity index (χ2v) is 7.11. The molecule has 0 atom stereocenters. The van der Waals surface area contributed by atoms with Crippen LogP contribution in [0.1, 0.15) is 25.1 Å². The number of nitrogens with two attached hydrogens (primary N) is 1. The molecule has 2 rings (SSSR count). The lowest BCUT2D eigenvalue weighted by Gasteiger charge is -2.23. The van der Waals surface area contributed by atoms with Gasteiger partial charge in [-0.15, -0.1) is 0 Å². The molecule has 4 nitrogen and oxygen atoms in total. The first kappa shape index (κ1) is 18.3. The number of aromatic nitrogens is 1. The SMILES string of the molecule is CC(C)(CN=C(N)NCCc1ccccn1)Cc1cccc(Cl)c1. The summed E-state index contributed by atoms with van der Waals surface area (Å²) in [4.78, 5) is 8.76. The number of pyridine rings is 1. The predicted molar refractivity (Wildman–Crippen MR) is 101 cm³/mol. The number of nitrogens with zero attached hydrogens (tertiary/aromatic N) is 2. The van der Waals surface area contributed by atoms with Crippen LogP contribution in [-0.4, -0.2) is 24.0 Å². The van der Waals surface area contributed by atoms with Gasteiger partial charge in [-0.2, -0.15) is 0 Å². The van der Waals surface area contributed by atoms with E-state index in [9.17, 15) is 0 Å². The molecule has 128 valence electrons. The van der Waals surface area contributed by atoms with E-state index in [-0.39, 0.29) is 5.41 Å². The summed E-state index contributed by atoms with van der Waals surface area (Å²) in [6.07, 6.45) is 3.52. The minimum atomic E-state index is 0.0119. The number of benzene rings is 1. The van der Waals surface area contributed by atoms with Gasteiger partial charge < -0.3 is 11.1 Å². The topological polar surface area (TPSA) is 63.3 Å². The minimum Gasteiger partial charge on any atom is -0.370 e. The van der Waals surface area contributed by atoms with Crippen molar-refractivity contribution in [3.63, 3.8) is 0 Å². The van der Waals surface area contributed by atoms with Crippen LogP contribution in [0.2, 0.25) is 5.02 Å². The van der Waals surface area contributed by atoms with Crippen LogP contribution < -0.4 is 11.1 Å². The van der Waals surface area contributed by atoms with E-state index in [1.807, 2.05) is 36.4 Å². The van der Waals surface area contributed by atoms with E-state index in [2.05, 4.69) is 35.2 Å². The third-order valence-electron chi connectivity index (χ3n) is 3.66. The predicted octanol–water partition coefficient (Wildman–Crippen LogP) is 3.45. The zero-order valence-electron chi connectivity index (χ0n) is 14.3. The van der Waals surface area contributed by atoms with Gasteiger partial charge in [0.2, 0.25) is 0 Å². The van der Waals surface area contributed by atoms with Crippen LogP contribution in [0.5, 0.6) is 0 Å². The lowest BCUT2D eigenvalue weighted by atomic mass is 9.86. The summed E-state index contributed by atoms with van der Waals surface area (Å²) in [5, 5.41) is 3.91. The first-order chi connectivity index (χ1) is 11.4. The van der Waals surface area contributed by atoms with Crippen molar-refractivity contribution in [1.29, 1.82) is 0 Å². The molecule has 0 aliphatic heterocycles. The molecule has 1 aromatic carbocycles. The maximum atomic E-state index is 6.05. The number of aliphatic imine (C=N–C) groups is 1. The summed E-state index contributed by atoms with van der Waals surface area (Å²) in [6.45, 7) is 5.74. The van der Waals surface area contributed by atoms with Gasteiger partial charge in [0.05, 0.1) is 0 Å². The van der Waals surface area contributed by atoms with E-state index in [4.69, 9.17) is 17.3 Å². The Bertz CT molecular complexity index is 668. The van der Waals surface area contributed by atoms with Crippen molar-refractivity contribution in [2.45, 2.75) is 26.7 Å². The van der Waals surface area contributed by atoms with Gasteiger partial charge >= 0.3 is 0 Å². The lowest BCUT2D eigenvalue weighted by molar-refractivity contribution is 0.377. The fraction of sp³-hybridized carbons (Fsp3) is 0.368. The van der Waals surface area contributed by atoms with Gasteiger partial charge in [0, 0.05) is 36.4 Å². The number of nitrogens with one attached hydrogen (secondary N) is 1. The van der Waals surface area contributed by atoms with Gasteiger partial charge in [0.15, 0.2) is 5.96 Å². The fourth-order valence-electron chi connectivity index (χ4n) is 2.48. The highest BCUT2D eigenvalue weighted by Crippen LogP contribution is 2.23. The number of rotatable bonds is 7. The molecule has 0 spiro atoms. The summed E-state index contributed by atoms with van der Waals surface area (Å²) >= 11 is 6.05. The Morgan fingerprint density at radius 1 is 1.25 bits per heavy atom. The van der Waals surface area contributed by atoms with Crippen molar-refractivity contribution in [3.05, 3.63) is 64.9 Å². The zero-order chi connectivity index (χ0) is 17.4. The fourth-order valence-corrected chi connectivity index (χ4v) is 2.69. The van der Waals surface area contributed by atoms with Crippen LogP contribution in [0, 0.1) is 5.41 Å². The molecule has 0 aliphatic rings. The highest BCUT2D eigenvalue weighted by molar-refractivity contribution is 6.30. The number of guanidine groups is 1. The van der Waals surface area contributed by atoms with Crippen molar-refractivity contribution in [2.75, 3.05) is 13.1 Å². The van der Waals surface area contributed by atoms with E-state index in [0.29, 0.717) is 12.5 Å². The molecule has 1 aromatic heterocycles.